The van der Waals surface area contributed by atoms with E-state index in [0.717, 1.165) is 44.3 Å². The second-order valence-electron chi connectivity index (χ2n) is 10.00. The topological polar surface area (TPSA) is 72.4 Å². The van der Waals surface area contributed by atoms with Gasteiger partial charge in [0.15, 0.2) is 0 Å². The van der Waals surface area contributed by atoms with E-state index >= 15 is 0 Å². The number of H-pyrrole nitrogens is 1. The van der Waals surface area contributed by atoms with Gasteiger partial charge in [0.05, 0.1) is 32.5 Å². The molecule has 4 heterocycles. The zero-order chi connectivity index (χ0) is 24.6. The number of hydrogen-bond donors (Lipinski definition) is 1. The standard InChI is InChI=1S/C26H31BrN4O3S/c1-26(2,3)34-25(32)31-20-16-17(33-14-7-13-30-11-5-4-6-12-30)8-9-18(20)21(27)23(31)22-24-19(28-29-22)10-15-35-24/h8-10,15-16H,4-7,11-14H2,1-3H3,(H,28,29). The number of benzene rings is 1. The molecule has 9 heteroatoms. The molecule has 1 aliphatic rings. The predicted molar refractivity (Wildman–Crippen MR) is 145 cm³/mol. The lowest BCUT2D eigenvalue weighted by Gasteiger charge is -2.26. The number of carbonyl (C=O) groups is 1. The van der Waals surface area contributed by atoms with Crippen LogP contribution in [0.3, 0.4) is 0 Å². The van der Waals surface area contributed by atoms with Gasteiger partial charge in [-0.3, -0.25) is 5.10 Å². The number of fused-ring (bicyclic) bond motifs is 2. The third-order valence-corrected chi connectivity index (χ3v) is 7.91. The zero-order valence-electron chi connectivity index (χ0n) is 20.4. The number of rotatable bonds is 6. The van der Waals surface area contributed by atoms with Gasteiger partial charge in [-0.15, -0.1) is 11.3 Å². The van der Waals surface area contributed by atoms with E-state index in [0.29, 0.717) is 18.0 Å². The third kappa shape index (κ3) is 5.13. The molecule has 3 aromatic heterocycles. The van der Waals surface area contributed by atoms with Crippen molar-refractivity contribution in [2.75, 3.05) is 26.2 Å². The Morgan fingerprint density at radius 1 is 1.20 bits per heavy atom. The Morgan fingerprint density at radius 3 is 2.77 bits per heavy atom. The van der Waals surface area contributed by atoms with Crippen molar-refractivity contribution in [1.82, 2.24) is 19.7 Å². The van der Waals surface area contributed by atoms with Gasteiger partial charge in [0, 0.05) is 18.0 Å². The van der Waals surface area contributed by atoms with Crippen LogP contribution in [0.5, 0.6) is 5.75 Å². The summed E-state index contributed by atoms with van der Waals surface area (Å²) in [4.78, 5) is 16.0. The predicted octanol–water partition coefficient (Wildman–Crippen LogP) is 7.05. The molecule has 1 fully saturated rings. The van der Waals surface area contributed by atoms with E-state index < -0.39 is 11.7 Å². The van der Waals surface area contributed by atoms with Crippen molar-refractivity contribution < 1.29 is 14.3 Å². The molecule has 0 unspecified atom stereocenters. The molecule has 5 rings (SSSR count). The lowest BCUT2D eigenvalue weighted by atomic mass is 10.1. The second kappa shape index (κ2) is 9.95. The Kier molecular flexibility index (Phi) is 6.92. The fourth-order valence-electron chi connectivity index (χ4n) is 4.59. The smallest absolute Gasteiger partial charge is 0.419 e. The van der Waals surface area contributed by atoms with Crippen molar-refractivity contribution in [2.24, 2.45) is 0 Å². The molecular weight excluding hydrogens is 528 g/mol. The van der Waals surface area contributed by atoms with Crippen LogP contribution in [0.4, 0.5) is 4.79 Å². The Hall–Kier alpha value is -2.36. The second-order valence-corrected chi connectivity index (χ2v) is 11.7. The number of likely N-dealkylation sites (tertiary alicyclic amines) is 1. The van der Waals surface area contributed by atoms with Crippen LogP contribution in [0.15, 0.2) is 34.1 Å². The van der Waals surface area contributed by atoms with Crippen LogP contribution in [0.1, 0.15) is 46.5 Å². The van der Waals surface area contributed by atoms with E-state index in [9.17, 15) is 4.79 Å². The fraction of sp³-hybridized carbons (Fsp3) is 0.462. The molecule has 0 bridgehead atoms. The van der Waals surface area contributed by atoms with Gasteiger partial charge in [0.1, 0.15) is 17.0 Å². The van der Waals surface area contributed by atoms with E-state index in [-0.39, 0.29) is 0 Å². The maximum atomic E-state index is 13.5. The molecule has 0 atom stereocenters. The van der Waals surface area contributed by atoms with E-state index in [1.54, 1.807) is 15.9 Å². The van der Waals surface area contributed by atoms with Crippen molar-refractivity contribution in [3.8, 4) is 17.1 Å². The molecule has 0 spiro atoms. The van der Waals surface area contributed by atoms with Gasteiger partial charge < -0.3 is 14.4 Å². The van der Waals surface area contributed by atoms with Gasteiger partial charge >= 0.3 is 6.09 Å². The Labute approximate surface area is 217 Å². The van der Waals surface area contributed by atoms with Crippen molar-refractivity contribution in [3.63, 3.8) is 0 Å². The minimum atomic E-state index is -0.635. The number of nitrogens with one attached hydrogen (secondary N) is 1. The van der Waals surface area contributed by atoms with Crippen LogP contribution in [-0.4, -0.2) is 57.6 Å². The average Bonchev–Trinajstić information content (AvgIpc) is 3.50. The summed E-state index contributed by atoms with van der Waals surface area (Å²) in [5.74, 6) is 0.737. The molecule has 1 aromatic carbocycles. The van der Waals surface area contributed by atoms with Crippen LogP contribution in [0.2, 0.25) is 0 Å². The summed E-state index contributed by atoms with van der Waals surface area (Å²) in [5.41, 5.74) is 2.42. The number of aromatic nitrogens is 3. The summed E-state index contributed by atoms with van der Waals surface area (Å²) in [6.07, 6.45) is 4.47. The summed E-state index contributed by atoms with van der Waals surface area (Å²) >= 11 is 5.34. The number of ether oxygens (including phenoxy) is 2. The molecule has 0 radical (unpaired) electrons. The maximum Gasteiger partial charge on any atom is 0.419 e. The van der Waals surface area contributed by atoms with Crippen molar-refractivity contribution in [3.05, 3.63) is 34.1 Å². The first-order valence-corrected chi connectivity index (χ1v) is 13.8. The number of aromatic amines is 1. The third-order valence-electron chi connectivity index (χ3n) is 6.18. The number of thiophene rings is 1. The Morgan fingerprint density at radius 2 is 2.00 bits per heavy atom. The van der Waals surface area contributed by atoms with Gasteiger partial charge in [-0.05, 0) is 92.6 Å². The summed E-state index contributed by atoms with van der Waals surface area (Å²) in [5, 5.41) is 10.5. The largest absolute Gasteiger partial charge is 0.493 e. The van der Waals surface area contributed by atoms with Crippen LogP contribution in [0.25, 0.3) is 32.5 Å². The number of halogens is 1. The minimum absolute atomic E-state index is 0.446. The zero-order valence-corrected chi connectivity index (χ0v) is 22.8. The molecular formula is C26H31BrN4O3S. The first-order valence-electron chi connectivity index (χ1n) is 12.2. The van der Waals surface area contributed by atoms with Crippen molar-refractivity contribution in [2.45, 2.75) is 52.1 Å². The molecule has 1 aliphatic heterocycles. The van der Waals surface area contributed by atoms with Crippen molar-refractivity contribution >= 4 is 54.5 Å². The van der Waals surface area contributed by atoms with Crippen molar-refractivity contribution in [1.29, 1.82) is 0 Å². The lowest BCUT2D eigenvalue weighted by molar-refractivity contribution is 0.0547. The van der Waals surface area contributed by atoms with Gasteiger partial charge in [-0.1, -0.05) is 6.42 Å². The highest BCUT2D eigenvalue weighted by atomic mass is 79.9. The SMILES string of the molecule is CC(C)(C)OC(=O)n1c(-c2n[nH]c3ccsc23)c(Br)c2ccc(OCCCN3CCCCC3)cc21. The normalized spacial score (nSPS) is 15.2. The number of nitrogens with zero attached hydrogens (tertiary/aromatic N) is 3. The Balaban J connectivity index is 1.48. The molecule has 7 nitrogen and oxygen atoms in total. The molecule has 1 saturated heterocycles. The van der Waals surface area contributed by atoms with E-state index in [1.165, 1.54) is 32.4 Å². The summed E-state index contributed by atoms with van der Waals surface area (Å²) < 4.78 is 15.3. The minimum Gasteiger partial charge on any atom is -0.493 e. The van der Waals surface area contributed by atoms with Crippen LogP contribution < -0.4 is 4.74 Å². The summed E-state index contributed by atoms with van der Waals surface area (Å²) in [6, 6.07) is 7.86. The van der Waals surface area contributed by atoms with Gasteiger partial charge in [0.2, 0.25) is 0 Å². The molecule has 1 N–H and O–H groups in total. The Bertz CT molecular complexity index is 1340. The van der Waals surface area contributed by atoms with E-state index in [1.807, 2.05) is 50.4 Å². The summed E-state index contributed by atoms with van der Waals surface area (Å²) in [6.45, 7) is 9.69. The molecule has 35 heavy (non-hydrogen) atoms. The number of hydrogen-bond acceptors (Lipinski definition) is 6. The molecule has 0 aliphatic carbocycles. The highest BCUT2D eigenvalue weighted by molar-refractivity contribution is 9.10. The molecule has 0 saturated carbocycles. The van der Waals surface area contributed by atoms with Crippen LogP contribution >= 0.6 is 27.3 Å². The van der Waals surface area contributed by atoms with Gasteiger partial charge in [-0.25, -0.2) is 9.36 Å². The summed E-state index contributed by atoms with van der Waals surface area (Å²) in [7, 11) is 0. The molecule has 186 valence electrons. The molecule has 4 aromatic rings. The highest BCUT2D eigenvalue weighted by Gasteiger charge is 2.28. The first kappa shape index (κ1) is 24.3. The molecule has 0 amide bonds. The fourth-order valence-corrected chi connectivity index (χ4v) is 6.13. The monoisotopic (exact) mass is 558 g/mol. The highest BCUT2D eigenvalue weighted by Crippen LogP contribution is 2.42. The van der Waals surface area contributed by atoms with Crippen LogP contribution in [-0.2, 0) is 4.74 Å². The average molecular weight is 560 g/mol. The number of piperidine rings is 1. The maximum absolute atomic E-state index is 13.5. The number of carbonyl (C=O) groups excluding carboxylic acids is 1. The quantitative estimate of drug-likeness (QED) is 0.257. The lowest BCUT2D eigenvalue weighted by Crippen LogP contribution is -2.31. The van der Waals surface area contributed by atoms with Gasteiger partial charge in [-0.2, -0.15) is 5.10 Å². The van der Waals surface area contributed by atoms with Gasteiger partial charge in [0.25, 0.3) is 0 Å². The first-order chi connectivity index (χ1) is 16.8. The van der Waals surface area contributed by atoms with Crippen LogP contribution in [0, 0.1) is 0 Å². The van der Waals surface area contributed by atoms with E-state index in [2.05, 4.69) is 31.0 Å². The van der Waals surface area contributed by atoms with E-state index in [4.69, 9.17) is 9.47 Å².